The Labute approximate surface area is 305 Å². The van der Waals surface area contributed by atoms with Crippen molar-refractivity contribution in [1.29, 1.82) is 0 Å². The van der Waals surface area contributed by atoms with Gasteiger partial charge in [0.2, 0.25) is 6.04 Å². The van der Waals surface area contributed by atoms with E-state index in [-0.39, 0.29) is 31.2 Å². The molecule has 302 valence electrons. The van der Waals surface area contributed by atoms with Gasteiger partial charge in [0.1, 0.15) is 0 Å². The first-order valence-electron chi connectivity index (χ1n) is 19.7. The van der Waals surface area contributed by atoms with Crippen molar-refractivity contribution in [2.45, 2.75) is 195 Å². The molecule has 0 amide bonds. The molecule has 1 aromatic heterocycles. The summed E-state index contributed by atoms with van der Waals surface area (Å²) in [5.41, 5.74) is 3.35. The number of aromatic nitrogens is 1. The van der Waals surface area contributed by atoms with E-state index >= 15 is 0 Å². The summed E-state index contributed by atoms with van der Waals surface area (Å²) in [6.07, 6.45) is 28.6. The predicted molar refractivity (Wildman–Crippen MR) is 198 cm³/mol. The Balaban J connectivity index is 0.00000321. The summed E-state index contributed by atoms with van der Waals surface area (Å²) >= 11 is 0. The number of hydrogen-bond donors (Lipinski definition) is 0. The Morgan fingerprint density at radius 3 is 1.06 bits per heavy atom. The van der Waals surface area contributed by atoms with E-state index in [1.807, 2.05) is 0 Å². The second kappa shape index (κ2) is 26.0. The Kier molecular flexibility index (Phi) is 25.0. The van der Waals surface area contributed by atoms with Crippen LogP contribution in [-0.4, -0.2) is 25.2 Å². The molecule has 1 heterocycles. The summed E-state index contributed by atoms with van der Waals surface area (Å²) in [6.45, 7) is 11.2. The van der Waals surface area contributed by atoms with E-state index in [1.165, 1.54) is 121 Å². The van der Waals surface area contributed by atoms with Crippen LogP contribution < -0.4 is 4.57 Å². The molecule has 1 aromatic rings. The number of carbonyl (C=O) groups excluding carboxylic acids is 2. The molecule has 0 fully saturated rings. The second-order valence-electron chi connectivity index (χ2n) is 14.2. The van der Waals surface area contributed by atoms with Crippen LogP contribution in [0.15, 0.2) is 12.1 Å². The van der Waals surface area contributed by atoms with Gasteiger partial charge in [-0.05, 0) is 25.3 Å². The van der Waals surface area contributed by atoms with E-state index < -0.39 is 7.81 Å². The molecule has 0 radical (unpaired) electrons. The number of halogens is 6. The Morgan fingerprint density at radius 1 is 0.529 bits per heavy atom. The van der Waals surface area contributed by atoms with Crippen LogP contribution in [0.4, 0.5) is 25.2 Å². The normalized spacial score (nSPS) is 12.9. The first-order chi connectivity index (χ1) is 23.8. The van der Waals surface area contributed by atoms with E-state index in [4.69, 9.17) is 9.47 Å². The molecular weight excluding hydrogens is 691 g/mol. The van der Waals surface area contributed by atoms with Crippen molar-refractivity contribution >= 4 is 19.7 Å². The van der Waals surface area contributed by atoms with Gasteiger partial charge in [0, 0.05) is 38.8 Å². The third-order valence-corrected chi connectivity index (χ3v) is 8.84. The molecule has 0 bridgehead atoms. The number of unbranched alkanes of at least 4 members (excludes halogenated alkanes) is 20. The van der Waals surface area contributed by atoms with E-state index in [1.54, 1.807) is 0 Å². The Morgan fingerprint density at radius 2 is 0.784 bits per heavy atom. The van der Waals surface area contributed by atoms with Crippen molar-refractivity contribution in [3.63, 3.8) is 0 Å². The van der Waals surface area contributed by atoms with Crippen molar-refractivity contribution in [3.8, 4) is 0 Å². The van der Waals surface area contributed by atoms with Crippen molar-refractivity contribution < 1.29 is 48.8 Å². The van der Waals surface area contributed by atoms with Gasteiger partial charge in [-0.2, -0.15) is 4.57 Å². The van der Waals surface area contributed by atoms with E-state index in [2.05, 4.69) is 51.3 Å². The topological polar surface area (TPSA) is 56.5 Å². The molecule has 0 unspecified atom stereocenters. The average molecular weight is 762 g/mol. The zero-order valence-electron chi connectivity index (χ0n) is 32.4. The zero-order valence-corrected chi connectivity index (χ0v) is 33.3. The molecule has 0 saturated carbocycles. The van der Waals surface area contributed by atoms with Gasteiger partial charge in [0.15, 0.2) is 24.6 Å². The van der Waals surface area contributed by atoms with Gasteiger partial charge in [-0.15, -0.1) is 0 Å². The number of pyridine rings is 1. The Bertz CT molecular complexity index is 1010. The van der Waals surface area contributed by atoms with E-state index in [0.717, 1.165) is 37.1 Å². The van der Waals surface area contributed by atoms with Crippen molar-refractivity contribution in [1.82, 2.24) is 0 Å². The van der Waals surface area contributed by atoms with Crippen LogP contribution >= 0.6 is 7.81 Å². The molecule has 51 heavy (non-hydrogen) atoms. The first-order valence-corrected chi connectivity index (χ1v) is 21.7. The molecule has 12 heteroatoms. The summed E-state index contributed by atoms with van der Waals surface area (Å²) < 4.78 is 72.8. The average Bonchev–Trinajstić information content (AvgIpc) is 3.01. The number of aryl methyl sites for hydroxylation is 3. The van der Waals surface area contributed by atoms with Crippen molar-refractivity contribution in [2.24, 2.45) is 0 Å². The summed E-state index contributed by atoms with van der Waals surface area (Å²) in [5.74, 6) is -0.303. The molecule has 0 saturated heterocycles. The van der Waals surface area contributed by atoms with E-state index in [9.17, 15) is 34.8 Å². The molecule has 0 atom stereocenters. The number of esters is 2. The summed E-state index contributed by atoms with van der Waals surface area (Å²) in [6, 6.07) is 4.03. The second-order valence-corrected chi connectivity index (χ2v) is 16.2. The molecule has 5 nitrogen and oxygen atoms in total. The third-order valence-electron chi connectivity index (χ3n) is 8.84. The SMILES string of the molecule is CCCCCCCCCCCCCC(=O)OCC(COC(=O)CCCCCCCCCCCCC)[n+]1c(C)cc(C)cc1C.F[P-](F)(F)(F)(F)F. The maximum absolute atomic E-state index is 12.6. The number of rotatable bonds is 29. The predicted octanol–water partition coefficient (Wildman–Crippen LogP) is 14.3. The van der Waals surface area contributed by atoms with Crippen LogP contribution in [0.1, 0.15) is 191 Å². The number of ether oxygens (including phenoxy) is 2. The van der Waals surface area contributed by atoms with Crippen LogP contribution in [-0.2, 0) is 19.1 Å². The standard InChI is InChI=1S/C39H70NO4.F6P/c1-6-8-10-12-14-16-18-20-22-24-26-28-38(41)43-32-37(40-35(4)30-34(3)31-36(40)5)33-44-39(42)29-27-25-23-21-19-17-15-13-11-9-7-2;1-7(2,3,4,5)6/h30-31,37H,6-29,32-33H2,1-5H3;/q+1;-1. The number of carbonyl (C=O) groups is 2. The molecule has 0 aliphatic rings. The minimum atomic E-state index is -10.7. The maximum atomic E-state index is 12.6. The third kappa shape index (κ3) is 34.9. The van der Waals surface area contributed by atoms with Crippen molar-refractivity contribution in [2.75, 3.05) is 13.2 Å². The number of nitrogens with zero attached hydrogens (tertiary/aromatic N) is 1. The molecular formula is C39H70F6NO4P. The van der Waals surface area contributed by atoms with Gasteiger partial charge in [-0.1, -0.05) is 142 Å². The molecule has 0 aromatic carbocycles. The summed E-state index contributed by atoms with van der Waals surface area (Å²) in [5, 5.41) is 0. The van der Waals surface area contributed by atoms with Crippen LogP contribution in [0, 0.1) is 20.8 Å². The van der Waals surface area contributed by atoms with Gasteiger partial charge in [0.05, 0.1) is 0 Å². The van der Waals surface area contributed by atoms with Crippen LogP contribution in [0.5, 0.6) is 0 Å². The molecule has 0 N–H and O–H groups in total. The monoisotopic (exact) mass is 761 g/mol. The molecule has 0 spiro atoms. The molecule has 0 aliphatic carbocycles. The fraction of sp³-hybridized carbons (Fsp3) is 0.821. The summed E-state index contributed by atoms with van der Waals surface area (Å²) in [4.78, 5) is 25.2. The van der Waals surface area contributed by atoms with Gasteiger partial charge >= 0.3 is 44.9 Å². The first kappa shape index (κ1) is 49.1. The molecule has 0 aliphatic heterocycles. The Hall–Kier alpha value is -1.90. The minimum absolute atomic E-state index is 0.152. The van der Waals surface area contributed by atoms with Crippen LogP contribution in [0.2, 0.25) is 0 Å². The fourth-order valence-corrected chi connectivity index (χ4v) is 6.28. The van der Waals surface area contributed by atoms with E-state index in [0.29, 0.717) is 12.8 Å². The molecule has 1 rings (SSSR count). The van der Waals surface area contributed by atoms with Gasteiger partial charge in [0.25, 0.3) is 0 Å². The van der Waals surface area contributed by atoms with Crippen molar-refractivity contribution in [3.05, 3.63) is 29.1 Å². The quantitative estimate of drug-likeness (QED) is 0.0268. The van der Waals surface area contributed by atoms with Crippen LogP contribution in [0.3, 0.4) is 0 Å². The summed E-state index contributed by atoms with van der Waals surface area (Å²) in [7, 11) is -10.7. The number of hydrogen-bond acceptors (Lipinski definition) is 4. The van der Waals surface area contributed by atoms with Crippen LogP contribution in [0.25, 0.3) is 0 Å². The van der Waals surface area contributed by atoms with Gasteiger partial charge in [-0.3, -0.25) is 9.59 Å². The zero-order chi connectivity index (χ0) is 38.7. The van der Waals surface area contributed by atoms with Gasteiger partial charge < -0.3 is 9.47 Å². The van der Waals surface area contributed by atoms with Gasteiger partial charge in [-0.25, -0.2) is 0 Å². The fourth-order valence-electron chi connectivity index (χ4n) is 6.28.